The Morgan fingerprint density at radius 2 is 2.06 bits per heavy atom. The van der Waals surface area contributed by atoms with E-state index in [1.807, 2.05) is 18.3 Å². The number of nitrogens with one attached hydrogen (secondary N) is 3. The summed E-state index contributed by atoms with van der Waals surface area (Å²) >= 11 is 0. The molecule has 0 aromatic carbocycles. The van der Waals surface area contributed by atoms with Crippen LogP contribution in [0.5, 0.6) is 0 Å². The number of carbonyl (C=O) groups is 1. The van der Waals surface area contributed by atoms with Gasteiger partial charge in [0.05, 0.1) is 23.8 Å². The Morgan fingerprint density at radius 3 is 2.80 bits per heavy atom. The third-order valence-electron chi connectivity index (χ3n) is 7.05. The van der Waals surface area contributed by atoms with E-state index in [0.29, 0.717) is 35.5 Å². The van der Waals surface area contributed by atoms with Crippen molar-refractivity contribution >= 4 is 28.4 Å². The molecule has 0 saturated heterocycles. The van der Waals surface area contributed by atoms with Crippen molar-refractivity contribution in [1.29, 1.82) is 0 Å². The van der Waals surface area contributed by atoms with Gasteiger partial charge in [0, 0.05) is 48.9 Å². The summed E-state index contributed by atoms with van der Waals surface area (Å²) < 4.78 is 42.0. The molecule has 182 valence electrons. The van der Waals surface area contributed by atoms with E-state index >= 15 is 0 Å². The minimum absolute atomic E-state index is 0.192. The summed E-state index contributed by atoms with van der Waals surface area (Å²) in [4.78, 5) is 24.7. The highest BCUT2D eigenvalue weighted by Gasteiger charge is 2.45. The van der Waals surface area contributed by atoms with Crippen LogP contribution in [-0.4, -0.2) is 55.2 Å². The number of aromatic nitrogens is 5. The molecule has 0 spiro atoms. The second-order valence-electron chi connectivity index (χ2n) is 9.66. The van der Waals surface area contributed by atoms with Crippen LogP contribution in [0, 0.1) is 5.92 Å². The molecule has 11 heteroatoms. The van der Waals surface area contributed by atoms with Gasteiger partial charge in [0.25, 0.3) is 5.91 Å². The average Bonchev–Trinajstić information content (AvgIpc) is 3.42. The van der Waals surface area contributed by atoms with Gasteiger partial charge in [-0.15, -0.1) is 0 Å². The molecule has 4 aromatic rings. The molecule has 6 rings (SSSR count). The molecule has 1 amide bonds. The van der Waals surface area contributed by atoms with Crippen LogP contribution in [0.15, 0.2) is 36.9 Å². The number of carbonyl (C=O) groups excluding carboxylic acids is 1. The van der Waals surface area contributed by atoms with E-state index in [0.717, 1.165) is 22.9 Å². The number of aromatic amines is 1. The fourth-order valence-electron chi connectivity index (χ4n) is 4.79. The largest absolute Gasteiger partial charge is 0.352 e. The van der Waals surface area contributed by atoms with Gasteiger partial charge in [-0.1, -0.05) is 0 Å². The van der Waals surface area contributed by atoms with E-state index in [1.165, 1.54) is 6.20 Å². The molecule has 0 unspecified atom stereocenters. The zero-order valence-electron chi connectivity index (χ0n) is 18.8. The van der Waals surface area contributed by atoms with Gasteiger partial charge in [-0.25, -0.2) is 22.7 Å². The second-order valence-corrected chi connectivity index (χ2v) is 9.66. The molecule has 0 aliphatic heterocycles. The maximum absolute atomic E-state index is 14.3. The summed E-state index contributed by atoms with van der Waals surface area (Å²) in [6.07, 6.45) is 8.35. The number of halogens is 3. The van der Waals surface area contributed by atoms with Crippen LogP contribution in [0.4, 0.5) is 19.1 Å². The fourth-order valence-corrected chi connectivity index (χ4v) is 4.79. The Bertz CT molecular complexity index is 1420. The van der Waals surface area contributed by atoms with Gasteiger partial charge in [0.15, 0.2) is 0 Å². The summed E-state index contributed by atoms with van der Waals surface area (Å²) in [5.74, 6) is -2.80. The first-order chi connectivity index (χ1) is 16.8. The van der Waals surface area contributed by atoms with Crippen LogP contribution in [-0.2, 0) is 0 Å². The number of H-pyrrole nitrogens is 1. The monoisotopic (exact) mass is 483 g/mol. The Morgan fingerprint density at radius 1 is 1.23 bits per heavy atom. The number of fused-ring (bicyclic) bond motifs is 2. The number of amides is 1. The molecular weight excluding hydrogens is 459 g/mol. The molecule has 35 heavy (non-hydrogen) atoms. The summed E-state index contributed by atoms with van der Waals surface area (Å²) in [6.45, 7) is 0.406. The zero-order chi connectivity index (χ0) is 24.2. The Hall–Kier alpha value is -3.63. The first kappa shape index (κ1) is 21.9. The van der Waals surface area contributed by atoms with Crippen LogP contribution in [0.25, 0.3) is 27.7 Å². The fraction of sp³-hybridized carbons (Fsp3) is 0.417. The van der Waals surface area contributed by atoms with Crippen LogP contribution < -0.4 is 10.6 Å². The average molecular weight is 483 g/mol. The molecule has 2 aliphatic carbocycles. The minimum Gasteiger partial charge on any atom is -0.352 e. The van der Waals surface area contributed by atoms with Crippen molar-refractivity contribution in [1.82, 2.24) is 29.9 Å². The maximum atomic E-state index is 14.3. The number of rotatable bonds is 7. The highest BCUT2D eigenvalue weighted by molar-refractivity contribution is 6.02. The second kappa shape index (κ2) is 7.96. The first-order valence-electron chi connectivity index (χ1n) is 11.7. The van der Waals surface area contributed by atoms with Crippen LogP contribution in [0.3, 0.4) is 0 Å². The van der Waals surface area contributed by atoms with Crippen molar-refractivity contribution in [3.8, 4) is 11.1 Å². The van der Waals surface area contributed by atoms with Crippen molar-refractivity contribution in [3.63, 3.8) is 0 Å². The lowest BCUT2D eigenvalue weighted by molar-refractivity contribution is -0.108. The van der Waals surface area contributed by atoms with Crippen LogP contribution in [0.2, 0.25) is 0 Å². The number of anilines is 1. The van der Waals surface area contributed by atoms with E-state index in [2.05, 4.69) is 30.7 Å². The molecule has 4 heterocycles. The molecule has 0 radical (unpaired) electrons. The molecule has 2 saturated carbocycles. The van der Waals surface area contributed by atoms with E-state index < -0.39 is 11.6 Å². The molecular formula is C24H24F3N7O. The minimum atomic E-state index is -2.61. The predicted molar refractivity (Wildman–Crippen MR) is 124 cm³/mol. The third-order valence-corrected chi connectivity index (χ3v) is 7.05. The summed E-state index contributed by atoms with van der Waals surface area (Å²) in [6, 6.07) is 3.72. The lowest BCUT2D eigenvalue weighted by Crippen LogP contribution is -2.42. The molecule has 8 nitrogen and oxygen atoms in total. The number of nitrogens with zero attached hydrogens (tertiary/aromatic N) is 4. The van der Waals surface area contributed by atoms with Crippen molar-refractivity contribution in [2.45, 2.75) is 43.7 Å². The Kier molecular flexibility index (Phi) is 4.97. The van der Waals surface area contributed by atoms with E-state index in [1.54, 1.807) is 16.9 Å². The SMILES string of the molecule is O=C(NCC1CC(F)(F)C1)c1cnn2ccc(-c3c[nH]c4nc(NCC5(F)CCC5)ncc34)cc12. The van der Waals surface area contributed by atoms with Gasteiger partial charge in [-0.05, 0) is 42.9 Å². The van der Waals surface area contributed by atoms with E-state index in [-0.39, 0.29) is 37.8 Å². The molecule has 3 N–H and O–H groups in total. The highest BCUT2D eigenvalue weighted by atomic mass is 19.3. The number of pyridine rings is 1. The van der Waals surface area contributed by atoms with Crippen LogP contribution >= 0.6 is 0 Å². The number of hydrogen-bond donors (Lipinski definition) is 3. The third kappa shape index (κ3) is 4.08. The number of hydrogen-bond acceptors (Lipinski definition) is 5. The summed E-state index contributed by atoms with van der Waals surface area (Å²) in [5, 5.41) is 10.8. The highest BCUT2D eigenvalue weighted by Crippen LogP contribution is 2.42. The van der Waals surface area contributed by atoms with Gasteiger partial charge < -0.3 is 15.6 Å². The van der Waals surface area contributed by atoms with Gasteiger partial charge in [-0.3, -0.25) is 4.79 Å². The van der Waals surface area contributed by atoms with E-state index in [4.69, 9.17) is 0 Å². The predicted octanol–water partition coefficient (Wildman–Crippen LogP) is 4.35. The standard InChI is InChI=1S/C24H24F3N7O/c25-23(3-1-4-23)13-31-22-30-11-17-16(10-28-20(17)33-22)15-2-5-34-19(6-15)18(12-32-34)21(35)29-9-14-7-24(26,27)8-14/h2,5-6,10-12,14H,1,3-4,7-9,13H2,(H,29,35)(H2,28,30,31,33). The van der Waals surface area contributed by atoms with Gasteiger partial charge >= 0.3 is 0 Å². The quantitative estimate of drug-likeness (QED) is 0.363. The Labute approximate surface area is 198 Å². The normalized spacial score (nSPS) is 18.8. The van der Waals surface area contributed by atoms with E-state index in [9.17, 15) is 18.0 Å². The lowest BCUT2D eigenvalue weighted by Gasteiger charge is -2.34. The van der Waals surface area contributed by atoms with Crippen molar-refractivity contribution < 1.29 is 18.0 Å². The molecule has 0 bridgehead atoms. The van der Waals surface area contributed by atoms with Gasteiger partial charge in [0.2, 0.25) is 11.9 Å². The molecule has 2 aliphatic rings. The summed E-state index contributed by atoms with van der Waals surface area (Å²) in [5.41, 5.74) is 2.09. The molecule has 2 fully saturated rings. The summed E-state index contributed by atoms with van der Waals surface area (Å²) in [7, 11) is 0. The topological polar surface area (TPSA) is 100 Å². The smallest absolute Gasteiger partial charge is 0.255 e. The van der Waals surface area contributed by atoms with Gasteiger partial charge in [-0.2, -0.15) is 10.1 Å². The van der Waals surface area contributed by atoms with Crippen LogP contribution in [0.1, 0.15) is 42.5 Å². The maximum Gasteiger partial charge on any atom is 0.255 e. The molecule has 0 atom stereocenters. The Balaban J connectivity index is 1.21. The van der Waals surface area contributed by atoms with Crippen molar-refractivity contribution in [2.75, 3.05) is 18.4 Å². The van der Waals surface area contributed by atoms with Crippen molar-refractivity contribution in [2.24, 2.45) is 5.92 Å². The molecule has 4 aromatic heterocycles. The number of alkyl halides is 3. The van der Waals surface area contributed by atoms with Gasteiger partial charge in [0.1, 0.15) is 11.3 Å². The van der Waals surface area contributed by atoms with Crippen molar-refractivity contribution in [3.05, 3.63) is 42.5 Å². The zero-order valence-corrected chi connectivity index (χ0v) is 18.8. The first-order valence-corrected chi connectivity index (χ1v) is 11.7. The lowest BCUT2D eigenvalue weighted by atomic mass is 9.81.